The van der Waals surface area contributed by atoms with Gasteiger partial charge in [-0.2, -0.15) is 0 Å². The highest BCUT2D eigenvalue weighted by Crippen LogP contribution is 2.65. The molecule has 0 aromatic heterocycles. The second kappa shape index (κ2) is 16.3. The Kier molecular flexibility index (Phi) is 9.50. The highest BCUT2D eigenvalue weighted by molar-refractivity contribution is 6.01. The molecular weight excluding hydrogens is 869 g/mol. The molecule has 14 rings (SSSR count). The molecule has 2 heteroatoms. The number of nitrogens with zero attached hydrogens (tertiary/aromatic N) is 2. The van der Waals surface area contributed by atoms with Gasteiger partial charge in [0.25, 0.3) is 0 Å². The van der Waals surface area contributed by atoms with Crippen LogP contribution in [0.3, 0.4) is 0 Å². The van der Waals surface area contributed by atoms with E-state index in [1.54, 1.807) is 0 Å². The van der Waals surface area contributed by atoms with Gasteiger partial charge >= 0.3 is 0 Å². The summed E-state index contributed by atoms with van der Waals surface area (Å²) in [5.74, 6) is 0. The lowest BCUT2D eigenvalue weighted by atomic mass is 9.70. The molecule has 0 fully saturated rings. The largest absolute Gasteiger partial charge is 0.310 e. The molecule has 72 heavy (non-hydrogen) atoms. The lowest BCUT2D eigenvalue weighted by Gasteiger charge is -2.34. The molecule has 0 bridgehead atoms. The molecule has 11 aromatic rings. The topological polar surface area (TPSA) is 6.48 Å². The minimum absolute atomic E-state index is 0.145. The first-order valence-corrected chi connectivity index (χ1v) is 25.2. The molecule has 1 atom stereocenters. The van der Waals surface area contributed by atoms with Crippen LogP contribution >= 0.6 is 0 Å². The third kappa shape index (κ3) is 6.22. The molecule has 0 heterocycles. The van der Waals surface area contributed by atoms with Crippen LogP contribution in [0.25, 0.3) is 55.6 Å². The Bertz CT molecular complexity index is 3840. The maximum absolute atomic E-state index is 2.55. The Balaban J connectivity index is 1.07. The van der Waals surface area contributed by atoms with Gasteiger partial charge in [-0.05, 0) is 162 Å². The van der Waals surface area contributed by atoms with Gasteiger partial charge in [0.15, 0.2) is 0 Å². The first kappa shape index (κ1) is 41.9. The molecule has 0 saturated heterocycles. The van der Waals surface area contributed by atoms with Crippen LogP contribution in [-0.2, 0) is 10.8 Å². The van der Waals surface area contributed by atoms with Crippen LogP contribution in [0.4, 0.5) is 34.1 Å². The van der Waals surface area contributed by atoms with Gasteiger partial charge in [-0.25, -0.2) is 0 Å². The number of fused-ring (bicyclic) bond motifs is 13. The number of anilines is 6. The summed E-state index contributed by atoms with van der Waals surface area (Å²) < 4.78 is 0. The quantitative estimate of drug-likeness (QED) is 0.150. The van der Waals surface area contributed by atoms with Gasteiger partial charge in [0.05, 0.1) is 11.1 Å². The summed E-state index contributed by atoms with van der Waals surface area (Å²) in [4.78, 5) is 4.93. The summed E-state index contributed by atoms with van der Waals surface area (Å²) in [6.45, 7) is 4.74. The molecule has 0 N–H and O–H groups in total. The summed E-state index contributed by atoms with van der Waals surface area (Å²) in [7, 11) is 0. The SMILES string of the molecule is CC1(C)c2ccccc2-c2ccc(N(c3ccccc3)c3ccc4c(c3)C3(c5ccccc5-4)c4ccc(-c5ccccc5)cc4-c4cc(-c5ccccc5)c(N(c5ccccc5)c5ccccc5)cc43)cc21. The van der Waals surface area contributed by atoms with Gasteiger partial charge < -0.3 is 9.80 Å². The van der Waals surface area contributed by atoms with E-state index in [-0.39, 0.29) is 5.41 Å². The smallest absolute Gasteiger partial charge is 0.0727 e. The van der Waals surface area contributed by atoms with Gasteiger partial charge in [-0.1, -0.05) is 202 Å². The van der Waals surface area contributed by atoms with Crippen molar-refractivity contribution in [1.29, 1.82) is 0 Å². The van der Waals surface area contributed by atoms with Crippen molar-refractivity contribution in [1.82, 2.24) is 0 Å². The van der Waals surface area contributed by atoms with Crippen LogP contribution < -0.4 is 9.80 Å². The van der Waals surface area contributed by atoms with Crippen molar-refractivity contribution < 1.29 is 0 Å². The lowest BCUT2D eigenvalue weighted by Crippen LogP contribution is -2.26. The zero-order chi connectivity index (χ0) is 48.0. The van der Waals surface area contributed by atoms with Crippen LogP contribution in [0.5, 0.6) is 0 Å². The molecule has 0 radical (unpaired) electrons. The zero-order valence-electron chi connectivity index (χ0n) is 40.3. The average Bonchev–Trinajstić information content (AvgIpc) is 4.00. The van der Waals surface area contributed by atoms with Crippen LogP contribution in [0.2, 0.25) is 0 Å². The Labute approximate surface area is 422 Å². The van der Waals surface area contributed by atoms with Crippen LogP contribution in [0.1, 0.15) is 47.2 Å². The van der Waals surface area contributed by atoms with Gasteiger partial charge in [0.1, 0.15) is 0 Å². The fourth-order valence-electron chi connectivity index (χ4n) is 12.6. The molecular formula is C70H50N2. The van der Waals surface area contributed by atoms with Crippen molar-refractivity contribution in [2.75, 3.05) is 9.80 Å². The third-order valence-corrected chi connectivity index (χ3v) is 15.8. The van der Waals surface area contributed by atoms with E-state index in [0.29, 0.717) is 0 Å². The number of rotatable bonds is 8. The molecule has 3 aliphatic rings. The molecule has 2 nitrogen and oxygen atoms in total. The number of hydrogen-bond acceptors (Lipinski definition) is 2. The monoisotopic (exact) mass is 918 g/mol. The summed E-state index contributed by atoms with van der Waals surface area (Å²) in [5, 5.41) is 0. The number of para-hydroxylation sites is 3. The average molecular weight is 919 g/mol. The molecule has 1 spiro atoms. The number of benzene rings is 11. The first-order chi connectivity index (χ1) is 35.5. The van der Waals surface area contributed by atoms with Crippen LogP contribution in [0, 0.1) is 0 Å². The van der Waals surface area contributed by atoms with Crippen molar-refractivity contribution in [3.05, 3.63) is 300 Å². The van der Waals surface area contributed by atoms with E-state index in [9.17, 15) is 0 Å². The fraction of sp³-hybridized carbons (Fsp3) is 0.0571. The summed E-state index contributed by atoms with van der Waals surface area (Å²) in [6.07, 6.45) is 0. The summed E-state index contributed by atoms with van der Waals surface area (Å²) in [6, 6.07) is 99.3. The van der Waals surface area contributed by atoms with Crippen molar-refractivity contribution in [3.8, 4) is 55.6 Å². The van der Waals surface area contributed by atoms with E-state index in [2.05, 4.69) is 291 Å². The van der Waals surface area contributed by atoms with Gasteiger partial charge in [-0.15, -0.1) is 0 Å². The number of hydrogen-bond donors (Lipinski definition) is 0. The highest BCUT2D eigenvalue weighted by atomic mass is 15.1. The Morgan fingerprint density at radius 3 is 1.28 bits per heavy atom. The second-order valence-electron chi connectivity index (χ2n) is 20.0. The van der Waals surface area contributed by atoms with E-state index in [1.165, 1.54) is 89.0 Å². The van der Waals surface area contributed by atoms with E-state index in [0.717, 1.165) is 34.1 Å². The Morgan fingerprint density at radius 2 is 0.667 bits per heavy atom. The summed E-state index contributed by atoms with van der Waals surface area (Å²) in [5.41, 5.74) is 26.2. The molecule has 3 aliphatic carbocycles. The Hall–Kier alpha value is -8.98. The minimum Gasteiger partial charge on any atom is -0.310 e. The van der Waals surface area contributed by atoms with Crippen LogP contribution in [-0.4, -0.2) is 0 Å². The van der Waals surface area contributed by atoms with Crippen molar-refractivity contribution >= 4 is 34.1 Å². The lowest BCUT2D eigenvalue weighted by molar-refractivity contribution is 0.660. The van der Waals surface area contributed by atoms with Gasteiger partial charge in [-0.3, -0.25) is 0 Å². The van der Waals surface area contributed by atoms with E-state index < -0.39 is 5.41 Å². The van der Waals surface area contributed by atoms with E-state index >= 15 is 0 Å². The first-order valence-electron chi connectivity index (χ1n) is 25.2. The molecule has 340 valence electrons. The molecule has 0 saturated carbocycles. The van der Waals surface area contributed by atoms with E-state index in [1.807, 2.05) is 0 Å². The standard InChI is InChI=1S/C70H50N2/c1-69(2)62-34-20-18-32-55(62)57-39-37-53(43-65(57)69)71(50-26-12-5-13-27-50)54-38-40-58-56-33-19-21-35-63(56)70(66(58)44-54)64-41-36-49(47-22-8-3-9-23-47)42-60(64)61-45-59(48-24-10-4-11-25-48)68(46-67(61)70)72(51-28-14-6-15-29-51)52-30-16-7-17-31-52/h3-46H,1-2H3. The second-order valence-corrected chi connectivity index (χ2v) is 20.0. The van der Waals surface area contributed by atoms with Crippen LogP contribution in [0.15, 0.2) is 267 Å². The predicted molar refractivity (Wildman–Crippen MR) is 301 cm³/mol. The van der Waals surface area contributed by atoms with Gasteiger partial charge in [0.2, 0.25) is 0 Å². The highest BCUT2D eigenvalue weighted by Gasteiger charge is 2.52. The molecule has 0 amide bonds. The normalized spacial score (nSPS) is 15.0. The molecule has 0 aliphatic heterocycles. The minimum atomic E-state index is -0.658. The third-order valence-electron chi connectivity index (χ3n) is 15.8. The fourth-order valence-corrected chi connectivity index (χ4v) is 12.6. The maximum Gasteiger partial charge on any atom is 0.0727 e. The Morgan fingerprint density at radius 1 is 0.236 bits per heavy atom. The van der Waals surface area contributed by atoms with Crippen molar-refractivity contribution in [2.45, 2.75) is 24.7 Å². The summed E-state index contributed by atoms with van der Waals surface area (Å²) >= 11 is 0. The van der Waals surface area contributed by atoms with Crippen molar-refractivity contribution in [3.63, 3.8) is 0 Å². The van der Waals surface area contributed by atoms with Gasteiger partial charge in [0, 0.05) is 39.4 Å². The molecule has 1 unspecified atom stereocenters. The zero-order valence-corrected chi connectivity index (χ0v) is 40.3. The maximum atomic E-state index is 2.55. The predicted octanol–water partition coefficient (Wildman–Crippen LogP) is 18.6. The van der Waals surface area contributed by atoms with E-state index in [4.69, 9.17) is 0 Å². The van der Waals surface area contributed by atoms with Crippen molar-refractivity contribution in [2.24, 2.45) is 0 Å². The molecule has 11 aromatic carbocycles.